The summed E-state index contributed by atoms with van der Waals surface area (Å²) in [4.78, 5) is 16.1. The molecule has 0 aromatic heterocycles. The Hall–Kier alpha value is -0.530. The standard InChI is InChI=1S/C18H36N4O.HI/c1-14(2)8-7-9-15(3)21-18(19)20-13-12-17(23)22-16-10-5-4-6-11-16;/h14-16H,4-13H2,1-3H3,(H,22,23)(H3,19,20,21);1H. The predicted octanol–water partition coefficient (Wildman–Crippen LogP) is 3.56. The van der Waals surface area contributed by atoms with Crippen LogP contribution in [-0.4, -0.2) is 30.5 Å². The number of aliphatic imine (C=N–C) groups is 1. The van der Waals surface area contributed by atoms with Crippen molar-refractivity contribution in [3.8, 4) is 0 Å². The Labute approximate surface area is 165 Å². The van der Waals surface area contributed by atoms with Crippen LogP contribution in [-0.2, 0) is 4.79 Å². The second-order valence-corrected chi connectivity index (χ2v) is 7.29. The topological polar surface area (TPSA) is 79.5 Å². The van der Waals surface area contributed by atoms with Crippen molar-refractivity contribution in [3.63, 3.8) is 0 Å². The second-order valence-electron chi connectivity index (χ2n) is 7.29. The van der Waals surface area contributed by atoms with E-state index < -0.39 is 0 Å². The molecule has 6 heteroatoms. The maximum atomic E-state index is 11.9. The van der Waals surface area contributed by atoms with Crippen LogP contribution in [0.1, 0.15) is 78.6 Å². The summed E-state index contributed by atoms with van der Waals surface area (Å²) in [5, 5.41) is 6.31. The second kappa shape index (κ2) is 13.7. The molecule has 1 unspecified atom stereocenters. The van der Waals surface area contributed by atoms with Crippen molar-refractivity contribution in [1.29, 1.82) is 0 Å². The van der Waals surface area contributed by atoms with Gasteiger partial charge in [-0.05, 0) is 32.1 Å². The van der Waals surface area contributed by atoms with Gasteiger partial charge in [-0.1, -0.05) is 46.0 Å². The van der Waals surface area contributed by atoms with E-state index in [1.54, 1.807) is 0 Å². The van der Waals surface area contributed by atoms with Crippen molar-refractivity contribution in [2.45, 2.75) is 90.6 Å². The molecule has 0 saturated heterocycles. The summed E-state index contributed by atoms with van der Waals surface area (Å²) in [6.07, 6.45) is 9.95. The van der Waals surface area contributed by atoms with Gasteiger partial charge in [-0.2, -0.15) is 0 Å². The van der Waals surface area contributed by atoms with Crippen LogP contribution in [0, 0.1) is 5.92 Å². The molecule has 1 rings (SSSR count). The molecular weight excluding hydrogens is 415 g/mol. The molecule has 1 atom stereocenters. The van der Waals surface area contributed by atoms with Crippen LogP contribution in [0.2, 0.25) is 0 Å². The molecular formula is C18H37IN4O. The molecule has 24 heavy (non-hydrogen) atoms. The van der Waals surface area contributed by atoms with Crippen molar-refractivity contribution in [2.75, 3.05) is 6.54 Å². The SMILES string of the molecule is CC(C)CCCC(C)NC(N)=NCCC(=O)NC1CCCCC1.I. The number of guanidine groups is 1. The average molecular weight is 452 g/mol. The largest absolute Gasteiger partial charge is 0.370 e. The molecule has 0 spiro atoms. The number of nitrogens with two attached hydrogens (primary N) is 1. The Kier molecular flexibility index (Phi) is 13.4. The van der Waals surface area contributed by atoms with Crippen molar-refractivity contribution in [2.24, 2.45) is 16.6 Å². The van der Waals surface area contributed by atoms with Gasteiger partial charge in [0.2, 0.25) is 5.91 Å². The number of nitrogens with zero attached hydrogens (tertiary/aromatic N) is 1. The van der Waals surface area contributed by atoms with E-state index in [9.17, 15) is 4.79 Å². The van der Waals surface area contributed by atoms with Crippen molar-refractivity contribution in [1.82, 2.24) is 10.6 Å². The minimum absolute atomic E-state index is 0. The van der Waals surface area contributed by atoms with Crippen LogP contribution in [0.25, 0.3) is 0 Å². The predicted molar refractivity (Wildman–Crippen MR) is 113 cm³/mol. The highest BCUT2D eigenvalue weighted by molar-refractivity contribution is 14.0. The lowest BCUT2D eigenvalue weighted by Crippen LogP contribution is -2.39. The van der Waals surface area contributed by atoms with Crippen LogP contribution in [0.5, 0.6) is 0 Å². The number of hydrogen-bond acceptors (Lipinski definition) is 2. The van der Waals surface area contributed by atoms with Crippen molar-refractivity contribution >= 4 is 35.8 Å². The first-order chi connectivity index (χ1) is 11.0. The third kappa shape index (κ3) is 11.9. The fourth-order valence-electron chi connectivity index (χ4n) is 3.03. The maximum Gasteiger partial charge on any atom is 0.222 e. The molecule has 142 valence electrons. The van der Waals surface area contributed by atoms with Gasteiger partial charge in [-0.3, -0.25) is 9.79 Å². The molecule has 1 saturated carbocycles. The number of halogens is 1. The summed E-state index contributed by atoms with van der Waals surface area (Å²) >= 11 is 0. The molecule has 0 aliphatic heterocycles. The number of hydrogen-bond donors (Lipinski definition) is 3. The summed E-state index contributed by atoms with van der Waals surface area (Å²) < 4.78 is 0. The molecule has 1 aliphatic carbocycles. The van der Waals surface area contributed by atoms with Gasteiger partial charge in [0.05, 0.1) is 6.54 Å². The molecule has 0 heterocycles. The Morgan fingerprint density at radius 3 is 2.46 bits per heavy atom. The summed E-state index contributed by atoms with van der Waals surface area (Å²) in [6.45, 7) is 7.06. The zero-order chi connectivity index (χ0) is 17.1. The number of carbonyl (C=O) groups is 1. The maximum absolute atomic E-state index is 11.9. The minimum Gasteiger partial charge on any atom is -0.370 e. The Morgan fingerprint density at radius 2 is 1.83 bits per heavy atom. The van der Waals surface area contributed by atoms with Gasteiger partial charge in [-0.25, -0.2) is 0 Å². The van der Waals surface area contributed by atoms with Gasteiger partial charge in [0.15, 0.2) is 5.96 Å². The lowest BCUT2D eigenvalue weighted by molar-refractivity contribution is -0.121. The van der Waals surface area contributed by atoms with Gasteiger partial charge >= 0.3 is 0 Å². The van der Waals surface area contributed by atoms with Gasteiger partial charge in [-0.15, -0.1) is 24.0 Å². The highest BCUT2D eigenvalue weighted by Gasteiger charge is 2.15. The molecule has 0 aromatic carbocycles. The number of rotatable bonds is 9. The molecule has 0 radical (unpaired) electrons. The van der Waals surface area contributed by atoms with E-state index in [2.05, 4.69) is 36.4 Å². The van der Waals surface area contributed by atoms with E-state index in [4.69, 9.17) is 5.73 Å². The fraction of sp³-hybridized carbons (Fsp3) is 0.889. The van der Waals surface area contributed by atoms with E-state index in [0.717, 1.165) is 25.2 Å². The van der Waals surface area contributed by atoms with E-state index in [1.165, 1.54) is 32.1 Å². The van der Waals surface area contributed by atoms with E-state index in [0.29, 0.717) is 31.0 Å². The fourth-order valence-corrected chi connectivity index (χ4v) is 3.03. The zero-order valence-corrected chi connectivity index (χ0v) is 18.0. The van der Waals surface area contributed by atoms with Crippen molar-refractivity contribution < 1.29 is 4.79 Å². The Bertz CT molecular complexity index is 368. The van der Waals surface area contributed by atoms with Gasteiger partial charge in [0, 0.05) is 18.5 Å². The first-order valence-electron chi connectivity index (χ1n) is 9.33. The monoisotopic (exact) mass is 452 g/mol. The third-order valence-corrected chi connectivity index (χ3v) is 4.40. The normalized spacial score (nSPS) is 17.2. The summed E-state index contributed by atoms with van der Waals surface area (Å²) in [5.74, 6) is 1.29. The summed E-state index contributed by atoms with van der Waals surface area (Å²) in [7, 11) is 0. The van der Waals surface area contributed by atoms with E-state index in [1.807, 2.05) is 0 Å². The van der Waals surface area contributed by atoms with E-state index in [-0.39, 0.29) is 29.9 Å². The van der Waals surface area contributed by atoms with Crippen molar-refractivity contribution in [3.05, 3.63) is 0 Å². The van der Waals surface area contributed by atoms with Gasteiger partial charge in [0.1, 0.15) is 0 Å². The molecule has 0 aromatic rings. The summed E-state index contributed by atoms with van der Waals surface area (Å²) in [5.41, 5.74) is 5.88. The summed E-state index contributed by atoms with van der Waals surface area (Å²) in [6, 6.07) is 0.699. The lowest BCUT2D eigenvalue weighted by Gasteiger charge is -2.22. The van der Waals surface area contributed by atoms with E-state index >= 15 is 0 Å². The highest BCUT2D eigenvalue weighted by atomic mass is 127. The number of nitrogens with one attached hydrogen (secondary N) is 2. The lowest BCUT2D eigenvalue weighted by atomic mass is 9.95. The molecule has 1 fully saturated rings. The molecule has 5 nitrogen and oxygen atoms in total. The van der Waals surface area contributed by atoms with Gasteiger partial charge < -0.3 is 16.4 Å². The number of amides is 1. The Balaban J connectivity index is 0.00000529. The highest BCUT2D eigenvalue weighted by Crippen LogP contribution is 2.17. The average Bonchev–Trinajstić information content (AvgIpc) is 2.47. The quantitative estimate of drug-likeness (QED) is 0.284. The third-order valence-electron chi connectivity index (χ3n) is 4.40. The molecule has 0 bridgehead atoms. The first kappa shape index (κ1) is 23.5. The minimum atomic E-state index is 0. The van der Waals surface area contributed by atoms with Gasteiger partial charge in [0.25, 0.3) is 0 Å². The smallest absolute Gasteiger partial charge is 0.222 e. The first-order valence-corrected chi connectivity index (χ1v) is 9.33. The Morgan fingerprint density at radius 1 is 1.17 bits per heavy atom. The molecule has 1 amide bonds. The van der Waals surface area contributed by atoms with Crippen LogP contribution in [0.3, 0.4) is 0 Å². The van der Waals surface area contributed by atoms with Crippen LogP contribution in [0.15, 0.2) is 4.99 Å². The molecule has 4 N–H and O–H groups in total. The van der Waals surface area contributed by atoms with Crippen LogP contribution in [0.4, 0.5) is 0 Å². The number of carbonyl (C=O) groups excluding carboxylic acids is 1. The van der Waals surface area contributed by atoms with Crippen LogP contribution < -0.4 is 16.4 Å². The van der Waals surface area contributed by atoms with Crippen LogP contribution >= 0.6 is 24.0 Å². The zero-order valence-electron chi connectivity index (χ0n) is 15.6. The molecule has 1 aliphatic rings.